The summed E-state index contributed by atoms with van der Waals surface area (Å²) < 4.78 is 6.80. The molecule has 1 atom stereocenters. The van der Waals surface area contributed by atoms with Crippen LogP contribution in [0.25, 0.3) is 0 Å². The van der Waals surface area contributed by atoms with Gasteiger partial charge in [0.2, 0.25) is 0 Å². The topological polar surface area (TPSA) is 35.2 Å². The third-order valence-corrected chi connectivity index (χ3v) is 5.56. The van der Waals surface area contributed by atoms with Crippen molar-refractivity contribution < 1.29 is 4.74 Å². The molecule has 2 heterocycles. The van der Waals surface area contributed by atoms with Crippen LogP contribution >= 0.6 is 27.3 Å². The first-order valence-electron chi connectivity index (χ1n) is 6.25. The maximum absolute atomic E-state index is 6.38. The molecule has 1 unspecified atom stereocenters. The highest BCUT2D eigenvalue weighted by molar-refractivity contribution is 9.10. The molecule has 4 heteroatoms. The van der Waals surface area contributed by atoms with Crippen molar-refractivity contribution in [3.05, 3.63) is 50.1 Å². The Bertz CT molecular complexity index is 620. The van der Waals surface area contributed by atoms with Crippen molar-refractivity contribution in [2.24, 2.45) is 5.73 Å². The van der Waals surface area contributed by atoms with Gasteiger partial charge in [-0.15, -0.1) is 11.3 Å². The molecule has 19 heavy (non-hydrogen) atoms. The molecule has 0 aliphatic carbocycles. The Morgan fingerprint density at radius 1 is 1.37 bits per heavy atom. The van der Waals surface area contributed by atoms with Crippen LogP contribution in [0.5, 0.6) is 5.75 Å². The summed E-state index contributed by atoms with van der Waals surface area (Å²) in [6, 6.07) is 8.26. The average molecular weight is 338 g/mol. The molecule has 100 valence electrons. The lowest BCUT2D eigenvalue weighted by atomic mass is 9.85. The minimum Gasteiger partial charge on any atom is -0.492 e. The minimum atomic E-state index is -0.0870. The van der Waals surface area contributed by atoms with E-state index in [2.05, 4.69) is 47.3 Å². The summed E-state index contributed by atoms with van der Waals surface area (Å²) >= 11 is 5.24. The molecule has 2 aromatic rings. The monoisotopic (exact) mass is 337 g/mol. The van der Waals surface area contributed by atoms with Crippen molar-refractivity contribution in [2.45, 2.75) is 25.3 Å². The van der Waals surface area contributed by atoms with Gasteiger partial charge in [0, 0.05) is 20.3 Å². The fourth-order valence-electron chi connectivity index (χ4n) is 2.41. The summed E-state index contributed by atoms with van der Waals surface area (Å²) in [5.74, 6) is 0.992. The standard InChI is InChI=1S/C15H16BrNOS/c1-15(2)8-18-12-4-3-9(7-10(12)15)13(17)14-11(16)5-6-19-14/h3-7,13H,8,17H2,1-2H3. The summed E-state index contributed by atoms with van der Waals surface area (Å²) in [6.45, 7) is 5.15. The van der Waals surface area contributed by atoms with Crippen molar-refractivity contribution in [1.82, 2.24) is 0 Å². The van der Waals surface area contributed by atoms with Gasteiger partial charge in [-0.1, -0.05) is 19.9 Å². The zero-order valence-corrected chi connectivity index (χ0v) is 13.3. The molecule has 1 aliphatic rings. The van der Waals surface area contributed by atoms with Crippen LogP contribution < -0.4 is 10.5 Å². The fourth-order valence-corrected chi connectivity index (χ4v) is 4.06. The van der Waals surface area contributed by atoms with Crippen LogP contribution in [0.1, 0.15) is 35.9 Å². The number of nitrogens with two attached hydrogens (primary N) is 1. The van der Waals surface area contributed by atoms with Crippen molar-refractivity contribution in [3.63, 3.8) is 0 Å². The lowest BCUT2D eigenvalue weighted by Gasteiger charge is -2.18. The van der Waals surface area contributed by atoms with Crippen LogP contribution in [-0.4, -0.2) is 6.61 Å². The van der Waals surface area contributed by atoms with Gasteiger partial charge in [0.15, 0.2) is 0 Å². The van der Waals surface area contributed by atoms with E-state index in [1.165, 1.54) is 5.56 Å². The molecular weight excluding hydrogens is 322 g/mol. The highest BCUT2D eigenvalue weighted by atomic mass is 79.9. The maximum Gasteiger partial charge on any atom is 0.123 e. The van der Waals surface area contributed by atoms with Crippen LogP contribution in [0.2, 0.25) is 0 Å². The maximum atomic E-state index is 6.38. The SMILES string of the molecule is CC1(C)COc2ccc(C(N)c3sccc3Br)cc21. The van der Waals surface area contributed by atoms with Crippen molar-refractivity contribution in [3.8, 4) is 5.75 Å². The van der Waals surface area contributed by atoms with Crippen LogP contribution in [0.15, 0.2) is 34.1 Å². The quantitative estimate of drug-likeness (QED) is 0.889. The largest absolute Gasteiger partial charge is 0.492 e. The van der Waals surface area contributed by atoms with Gasteiger partial charge < -0.3 is 10.5 Å². The molecule has 0 fully saturated rings. The molecule has 1 aromatic heterocycles. The number of rotatable bonds is 2. The normalized spacial score (nSPS) is 17.9. The molecule has 0 amide bonds. The third-order valence-electron chi connectivity index (χ3n) is 3.61. The van der Waals surface area contributed by atoms with Crippen LogP contribution in [0.4, 0.5) is 0 Å². The van der Waals surface area contributed by atoms with Crippen molar-refractivity contribution in [1.29, 1.82) is 0 Å². The van der Waals surface area contributed by atoms with E-state index in [1.54, 1.807) is 11.3 Å². The van der Waals surface area contributed by atoms with E-state index < -0.39 is 0 Å². The second-order valence-corrected chi connectivity index (χ2v) is 7.34. The number of hydrogen-bond acceptors (Lipinski definition) is 3. The molecule has 0 saturated carbocycles. The zero-order chi connectivity index (χ0) is 13.6. The van der Waals surface area contributed by atoms with E-state index in [0.717, 1.165) is 27.3 Å². The number of benzene rings is 1. The Kier molecular flexibility index (Phi) is 3.20. The van der Waals surface area contributed by atoms with E-state index in [4.69, 9.17) is 10.5 Å². The van der Waals surface area contributed by atoms with E-state index >= 15 is 0 Å². The highest BCUT2D eigenvalue weighted by Gasteiger charge is 2.32. The summed E-state index contributed by atoms with van der Waals surface area (Å²) in [6.07, 6.45) is 0. The zero-order valence-electron chi connectivity index (χ0n) is 10.9. The number of ether oxygens (including phenoxy) is 1. The molecular formula is C15H16BrNOS. The smallest absolute Gasteiger partial charge is 0.123 e. The number of fused-ring (bicyclic) bond motifs is 1. The fraction of sp³-hybridized carbons (Fsp3) is 0.333. The van der Waals surface area contributed by atoms with E-state index in [1.807, 2.05) is 12.1 Å². The Morgan fingerprint density at radius 3 is 2.84 bits per heavy atom. The number of hydrogen-bond donors (Lipinski definition) is 1. The van der Waals surface area contributed by atoms with Gasteiger partial charge in [-0.05, 0) is 45.1 Å². The lowest BCUT2D eigenvalue weighted by Crippen LogP contribution is -2.19. The minimum absolute atomic E-state index is 0.0672. The summed E-state index contributed by atoms with van der Waals surface area (Å²) in [4.78, 5) is 1.16. The number of thiophene rings is 1. The predicted octanol–water partition coefficient (Wildman–Crippen LogP) is 4.23. The third kappa shape index (κ3) is 2.22. The van der Waals surface area contributed by atoms with E-state index in [9.17, 15) is 0 Å². The van der Waals surface area contributed by atoms with Crippen LogP contribution in [0, 0.1) is 0 Å². The molecule has 0 spiro atoms. The first-order chi connectivity index (χ1) is 8.99. The molecule has 3 rings (SSSR count). The van der Waals surface area contributed by atoms with Crippen molar-refractivity contribution >= 4 is 27.3 Å². The Labute approximate surface area is 125 Å². The molecule has 0 radical (unpaired) electrons. The van der Waals surface area contributed by atoms with Crippen LogP contribution in [0.3, 0.4) is 0 Å². The van der Waals surface area contributed by atoms with Crippen molar-refractivity contribution in [2.75, 3.05) is 6.61 Å². The first kappa shape index (κ1) is 13.2. The van der Waals surface area contributed by atoms with Gasteiger partial charge in [0.25, 0.3) is 0 Å². The molecule has 0 bridgehead atoms. The van der Waals surface area contributed by atoms with Gasteiger partial charge >= 0.3 is 0 Å². The average Bonchev–Trinajstić information content (AvgIpc) is 2.93. The van der Waals surface area contributed by atoms with Gasteiger partial charge in [0.1, 0.15) is 5.75 Å². The summed E-state index contributed by atoms with van der Waals surface area (Å²) in [5.41, 5.74) is 8.85. The predicted molar refractivity (Wildman–Crippen MR) is 83.0 cm³/mol. The highest BCUT2D eigenvalue weighted by Crippen LogP contribution is 2.41. The Morgan fingerprint density at radius 2 is 2.16 bits per heavy atom. The van der Waals surface area contributed by atoms with Crippen LogP contribution in [-0.2, 0) is 5.41 Å². The number of halogens is 1. The Hall–Kier alpha value is -0.840. The molecule has 2 nitrogen and oxygen atoms in total. The van der Waals surface area contributed by atoms with E-state index in [0.29, 0.717) is 0 Å². The van der Waals surface area contributed by atoms with Gasteiger partial charge in [0.05, 0.1) is 12.6 Å². The van der Waals surface area contributed by atoms with Gasteiger partial charge in [-0.25, -0.2) is 0 Å². The Balaban J connectivity index is 2.02. The second-order valence-electron chi connectivity index (χ2n) is 5.54. The molecule has 0 saturated heterocycles. The lowest BCUT2D eigenvalue weighted by molar-refractivity contribution is 0.291. The molecule has 1 aromatic carbocycles. The van der Waals surface area contributed by atoms with Gasteiger partial charge in [-0.3, -0.25) is 0 Å². The molecule has 2 N–H and O–H groups in total. The summed E-state index contributed by atoms with van der Waals surface area (Å²) in [5, 5.41) is 2.06. The molecule has 1 aliphatic heterocycles. The summed E-state index contributed by atoms with van der Waals surface area (Å²) in [7, 11) is 0. The first-order valence-corrected chi connectivity index (χ1v) is 7.92. The van der Waals surface area contributed by atoms with Gasteiger partial charge in [-0.2, -0.15) is 0 Å². The second kappa shape index (κ2) is 4.62. The van der Waals surface area contributed by atoms with E-state index in [-0.39, 0.29) is 11.5 Å².